The van der Waals surface area contributed by atoms with Crippen LogP contribution in [0.3, 0.4) is 0 Å². The Hall–Kier alpha value is -1.30. The van der Waals surface area contributed by atoms with Crippen LogP contribution in [-0.2, 0) is 10.9 Å². The first kappa shape index (κ1) is 14.1. The zero-order valence-electron chi connectivity index (χ0n) is 11.0. The van der Waals surface area contributed by atoms with Crippen molar-refractivity contribution in [2.24, 2.45) is 0 Å². The van der Waals surface area contributed by atoms with Gasteiger partial charge in [-0.15, -0.1) is 0 Å². The minimum absolute atomic E-state index is 0.325. The van der Waals surface area contributed by atoms with E-state index in [2.05, 4.69) is 4.98 Å². The van der Waals surface area contributed by atoms with Gasteiger partial charge in [-0.25, -0.2) is 4.98 Å². The highest BCUT2D eigenvalue weighted by Crippen LogP contribution is 2.30. The molecule has 6 heteroatoms. The monoisotopic (exact) mass is 274 g/mol. The maximum absolute atomic E-state index is 12.6. The second-order valence-corrected chi connectivity index (χ2v) is 4.95. The number of nitrogens with zero attached hydrogens (tertiary/aromatic N) is 2. The summed E-state index contributed by atoms with van der Waals surface area (Å²) in [6.07, 6.45) is -3.60. The van der Waals surface area contributed by atoms with Crippen LogP contribution in [0.25, 0.3) is 0 Å². The molecule has 1 aliphatic heterocycles. The van der Waals surface area contributed by atoms with E-state index in [9.17, 15) is 13.2 Å². The quantitative estimate of drug-likeness (QED) is 0.828. The Morgan fingerprint density at radius 1 is 1.42 bits per heavy atom. The van der Waals surface area contributed by atoms with Crippen LogP contribution in [0, 0.1) is 0 Å². The van der Waals surface area contributed by atoms with Crippen molar-refractivity contribution in [1.29, 1.82) is 0 Å². The van der Waals surface area contributed by atoms with Crippen LogP contribution in [0.15, 0.2) is 18.2 Å². The van der Waals surface area contributed by atoms with Crippen molar-refractivity contribution in [3.05, 3.63) is 23.9 Å². The maximum Gasteiger partial charge on any atom is 0.433 e. The first-order valence-corrected chi connectivity index (χ1v) is 6.27. The minimum atomic E-state index is -4.41. The average molecular weight is 274 g/mol. The zero-order valence-corrected chi connectivity index (χ0v) is 11.0. The molecule has 1 unspecified atom stereocenters. The van der Waals surface area contributed by atoms with E-state index >= 15 is 0 Å². The average Bonchev–Trinajstić information content (AvgIpc) is 2.38. The normalized spacial score (nSPS) is 24.6. The summed E-state index contributed by atoms with van der Waals surface area (Å²) in [5, 5.41) is 0. The number of hydrogen-bond acceptors (Lipinski definition) is 3. The van der Waals surface area contributed by atoms with Crippen molar-refractivity contribution < 1.29 is 17.9 Å². The van der Waals surface area contributed by atoms with E-state index in [1.165, 1.54) is 6.07 Å². The van der Waals surface area contributed by atoms with Crippen molar-refractivity contribution in [1.82, 2.24) is 4.98 Å². The van der Waals surface area contributed by atoms with Gasteiger partial charge in [-0.1, -0.05) is 13.0 Å². The molecule has 1 aromatic heterocycles. The largest absolute Gasteiger partial charge is 0.433 e. The van der Waals surface area contributed by atoms with Crippen LogP contribution in [-0.4, -0.2) is 30.3 Å². The first-order valence-electron chi connectivity index (χ1n) is 6.27. The molecule has 2 rings (SSSR count). The molecule has 3 nitrogen and oxygen atoms in total. The second-order valence-electron chi connectivity index (χ2n) is 4.95. The van der Waals surface area contributed by atoms with Crippen LogP contribution in [0.1, 0.15) is 26.0 Å². The molecule has 0 bridgehead atoms. The van der Waals surface area contributed by atoms with E-state index < -0.39 is 11.9 Å². The third-order valence-electron chi connectivity index (χ3n) is 3.43. The van der Waals surface area contributed by atoms with E-state index in [1.54, 1.807) is 6.07 Å². The molecule has 1 aliphatic rings. The molecule has 1 aromatic rings. The summed E-state index contributed by atoms with van der Waals surface area (Å²) in [5.41, 5.74) is -1.18. The third kappa shape index (κ3) is 3.18. The lowest BCUT2D eigenvalue weighted by Gasteiger charge is -2.40. The second kappa shape index (κ2) is 5.00. The molecule has 19 heavy (non-hydrogen) atoms. The van der Waals surface area contributed by atoms with Gasteiger partial charge in [-0.3, -0.25) is 0 Å². The Labute approximate surface area is 110 Å². The summed E-state index contributed by atoms with van der Waals surface area (Å²) in [6.45, 7) is 5.58. The third-order valence-corrected chi connectivity index (χ3v) is 3.43. The van der Waals surface area contributed by atoms with Gasteiger partial charge in [0.05, 0.1) is 12.2 Å². The molecule has 0 aromatic carbocycles. The molecule has 0 amide bonds. The summed E-state index contributed by atoms with van der Waals surface area (Å²) in [5.74, 6) is 0.359. The number of aromatic nitrogens is 1. The highest BCUT2D eigenvalue weighted by atomic mass is 19.4. The standard InChI is InChI=1S/C13H17F3N2O/c1-3-12(2)9-18(7-8-19-12)11-6-4-5-10(17-11)13(14,15)16/h4-6H,3,7-9H2,1-2H3. The number of hydrogen-bond donors (Lipinski definition) is 0. The van der Waals surface area contributed by atoms with Gasteiger partial charge >= 0.3 is 6.18 Å². The Balaban J connectivity index is 2.22. The van der Waals surface area contributed by atoms with Gasteiger partial charge in [-0.05, 0) is 25.5 Å². The van der Waals surface area contributed by atoms with Crippen molar-refractivity contribution in [2.75, 3.05) is 24.6 Å². The van der Waals surface area contributed by atoms with E-state index in [0.717, 1.165) is 12.5 Å². The molecule has 1 saturated heterocycles. The molecule has 1 atom stereocenters. The number of pyridine rings is 1. The fourth-order valence-electron chi connectivity index (χ4n) is 2.10. The summed E-state index contributed by atoms with van der Waals surface area (Å²) in [4.78, 5) is 5.56. The van der Waals surface area contributed by atoms with E-state index in [-0.39, 0.29) is 5.60 Å². The van der Waals surface area contributed by atoms with Crippen LogP contribution >= 0.6 is 0 Å². The Morgan fingerprint density at radius 3 is 2.79 bits per heavy atom. The van der Waals surface area contributed by atoms with Gasteiger partial charge < -0.3 is 9.64 Å². The highest BCUT2D eigenvalue weighted by molar-refractivity contribution is 5.40. The SMILES string of the molecule is CCC1(C)CN(c2cccc(C(F)(F)F)n2)CCO1. The summed E-state index contributed by atoms with van der Waals surface area (Å²) >= 11 is 0. The minimum Gasteiger partial charge on any atom is -0.372 e. The van der Waals surface area contributed by atoms with Crippen molar-refractivity contribution in [3.63, 3.8) is 0 Å². The van der Waals surface area contributed by atoms with Crippen LogP contribution in [0.2, 0.25) is 0 Å². The predicted molar refractivity (Wildman–Crippen MR) is 66.1 cm³/mol. The van der Waals surface area contributed by atoms with Crippen LogP contribution < -0.4 is 4.90 Å². The molecule has 0 N–H and O–H groups in total. The van der Waals surface area contributed by atoms with Crippen LogP contribution in [0.4, 0.5) is 19.0 Å². The van der Waals surface area contributed by atoms with Gasteiger partial charge in [0, 0.05) is 13.1 Å². The lowest BCUT2D eigenvalue weighted by atomic mass is 10.0. The molecule has 0 spiro atoms. The number of morpholine rings is 1. The highest BCUT2D eigenvalue weighted by Gasteiger charge is 2.34. The molecule has 0 saturated carbocycles. The lowest BCUT2D eigenvalue weighted by Crippen LogP contribution is -2.50. The number of ether oxygens (including phenoxy) is 1. The number of halogens is 3. The van der Waals surface area contributed by atoms with E-state index in [1.807, 2.05) is 18.7 Å². The maximum atomic E-state index is 12.6. The van der Waals surface area contributed by atoms with Gasteiger partial charge in [0.2, 0.25) is 0 Å². The van der Waals surface area contributed by atoms with Crippen molar-refractivity contribution in [2.45, 2.75) is 32.0 Å². The Kier molecular flexibility index (Phi) is 3.71. The predicted octanol–water partition coefficient (Wildman–Crippen LogP) is 3.11. The summed E-state index contributed by atoms with van der Waals surface area (Å²) in [7, 11) is 0. The van der Waals surface area contributed by atoms with E-state index in [4.69, 9.17) is 4.74 Å². The molecule has 106 valence electrons. The lowest BCUT2D eigenvalue weighted by molar-refractivity contribution is -0.141. The summed E-state index contributed by atoms with van der Waals surface area (Å²) < 4.78 is 43.6. The molecule has 0 radical (unpaired) electrons. The van der Waals surface area contributed by atoms with Gasteiger partial charge in [0.25, 0.3) is 0 Å². The molecule has 0 aliphatic carbocycles. The number of anilines is 1. The number of rotatable bonds is 2. The fraction of sp³-hybridized carbons (Fsp3) is 0.615. The van der Waals surface area contributed by atoms with Gasteiger partial charge in [0.15, 0.2) is 0 Å². The van der Waals surface area contributed by atoms with E-state index in [0.29, 0.717) is 25.5 Å². The first-order chi connectivity index (χ1) is 8.84. The zero-order chi connectivity index (χ0) is 14.1. The molecule has 2 heterocycles. The smallest absolute Gasteiger partial charge is 0.372 e. The Morgan fingerprint density at radius 2 is 2.16 bits per heavy atom. The van der Waals surface area contributed by atoms with Gasteiger partial charge in [-0.2, -0.15) is 13.2 Å². The molecule has 1 fully saturated rings. The molecular weight excluding hydrogens is 257 g/mol. The van der Waals surface area contributed by atoms with Crippen LogP contribution in [0.5, 0.6) is 0 Å². The summed E-state index contributed by atoms with van der Waals surface area (Å²) in [6, 6.07) is 3.99. The van der Waals surface area contributed by atoms with Gasteiger partial charge in [0.1, 0.15) is 11.5 Å². The topological polar surface area (TPSA) is 25.4 Å². The number of alkyl halides is 3. The molecular formula is C13H17F3N2O. The van der Waals surface area contributed by atoms with Crippen molar-refractivity contribution >= 4 is 5.82 Å². The van der Waals surface area contributed by atoms with Crippen molar-refractivity contribution in [3.8, 4) is 0 Å². The fourth-order valence-corrected chi connectivity index (χ4v) is 2.10. The Bertz CT molecular complexity index is 450.